The number of hydrogen-bond donors (Lipinski definition) is 3. The summed E-state index contributed by atoms with van der Waals surface area (Å²) in [6, 6.07) is 12.8. The summed E-state index contributed by atoms with van der Waals surface area (Å²) in [5, 5.41) is 10.7. The fraction of sp³-hybridized carbons (Fsp3) is 0.0952. The molecule has 0 aliphatic carbocycles. The SMILES string of the molecule is Nc1cncc(-c2ccc3[nH]nc(C(=O)Nc4ccc5c(c4)OCCO5)c3c2)c1. The van der Waals surface area contributed by atoms with Gasteiger partial charge in [0.25, 0.3) is 5.91 Å². The summed E-state index contributed by atoms with van der Waals surface area (Å²) in [5.74, 6) is 0.952. The van der Waals surface area contributed by atoms with Crippen molar-refractivity contribution in [2.75, 3.05) is 24.3 Å². The van der Waals surface area contributed by atoms with Gasteiger partial charge in [0.15, 0.2) is 17.2 Å². The summed E-state index contributed by atoms with van der Waals surface area (Å²) < 4.78 is 11.1. The molecule has 0 atom stereocenters. The number of ether oxygens (including phenoxy) is 2. The summed E-state index contributed by atoms with van der Waals surface area (Å²) in [6.07, 6.45) is 3.32. The third-order valence-electron chi connectivity index (χ3n) is 4.67. The highest BCUT2D eigenvalue weighted by atomic mass is 16.6. The van der Waals surface area contributed by atoms with E-state index in [4.69, 9.17) is 15.2 Å². The number of nitrogen functional groups attached to an aromatic ring is 1. The Labute approximate surface area is 165 Å². The van der Waals surface area contributed by atoms with Crippen LogP contribution >= 0.6 is 0 Å². The lowest BCUT2D eigenvalue weighted by Crippen LogP contribution is -2.16. The average molecular weight is 387 g/mol. The molecule has 0 saturated heterocycles. The number of nitrogens with one attached hydrogen (secondary N) is 2. The number of hydrogen-bond acceptors (Lipinski definition) is 6. The number of anilines is 2. The molecule has 5 rings (SSSR count). The highest BCUT2D eigenvalue weighted by Crippen LogP contribution is 2.33. The van der Waals surface area contributed by atoms with E-state index in [9.17, 15) is 4.79 Å². The molecule has 144 valence electrons. The van der Waals surface area contributed by atoms with E-state index in [1.807, 2.05) is 24.3 Å². The largest absolute Gasteiger partial charge is 0.486 e. The third kappa shape index (κ3) is 3.20. The van der Waals surface area contributed by atoms with Gasteiger partial charge in [0.05, 0.1) is 11.2 Å². The van der Waals surface area contributed by atoms with Gasteiger partial charge in [-0.2, -0.15) is 5.10 Å². The summed E-state index contributed by atoms with van der Waals surface area (Å²) in [5.41, 5.74) is 9.84. The minimum absolute atomic E-state index is 0.300. The van der Waals surface area contributed by atoms with Crippen molar-refractivity contribution in [3.05, 3.63) is 60.6 Å². The number of fused-ring (bicyclic) bond motifs is 2. The second-order valence-electron chi connectivity index (χ2n) is 6.65. The van der Waals surface area contributed by atoms with E-state index in [1.165, 1.54) is 0 Å². The minimum Gasteiger partial charge on any atom is -0.486 e. The van der Waals surface area contributed by atoms with Crippen molar-refractivity contribution in [2.45, 2.75) is 0 Å². The maximum absolute atomic E-state index is 12.9. The molecular formula is C21H17N5O3. The summed E-state index contributed by atoms with van der Waals surface area (Å²) >= 11 is 0. The Morgan fingerprint density at radius 1 is 1.00 bits per heavy atom. The molecule has 1 aliphatic heterocycles. The van der Waals surface area contributed by atoms with Crippen LogP contribution in [0.5, 0.6) is 11.5 Å². The number of aromatic amines is 1. The molecule has 3 heterocycles. The molecule has 0 fully saturated rings. The fourth-order valence-electron chi connectivity index (χ4n) is 3.29. The molecule has 8 heteroatoms. The van der Waals surface area contributed by atoms with Crippen LogP contribution in [0.2, 0.25) is 0 Å². The summed E-state index contributed by atoms with van der Waals surface area (Å²) in [4.78, 5) is 17.0. The highest BCUT2D eigenvalue weighted by molar-refractivity contribution is 6.11. The first-order valence-electron chi connectivity index (χ1n) is 9.07. The van der Waals surface area contributed by atoms with Gasteiger partial charge in [-0.3, -0.25) is 14.9 Å². The Kier molecular flexibility index (Phi) is 4.02. The van der Waals surface area contributed by atoms with Crippen molar-refractivity contribution >= 4 is 28.2 Å². The first-order chi connectivity index (χ1) is 14.2. The van der Waals surface area contributed by atoms with E-state index in [1.54, 1.807) is 30.6 Å². The number of nitrogens with zero attached hydrogens (tertiary/aromatic N) is 2. The number of nitrogens with two attached hydrogens (primary N) is 1. The predicted molar refractivity (Wildman–Crippen MR) is 109 cm³/mol. The van der Waals surface area contributed by atoms with Crippen LogP contribution in [0.1, 0.15) is 10.5 Å². The molecule has 4 aromatic rings. The summed E-state index contributed by atoms with van der Waals surface area (Å²) in [6.45, 7) is 0.999. The zero-order valence-corrected chi connectivity index (χ0v) is 15.3. The van der Waals surface area contributed by atoms with Gasteiger partial charge in [-0.25, -0.2) is 0 Å². The number of pyridine rings is 1. The van der Waals surface area contributed by atoms with Crippen LogP contribution in [0.3, 0.4) is 0 Å². The predicted octanol–water partition coefficient (Wildman–Crippen LogP) is 3.23. The molecule has 2 aromatic carbocycles. The lowest BCUT2D eigenvalue weighted by atomic mass is 10.0. The fourth-order valence-corrected chi connectivity index (χ4v) is 3.29. The number of H-pyrrole nitrogens is 1. The Morgan fingerprint density at radius 3 is 2.72 bits per heavy atom. The van der Waals surface area contributed by atoms with Gasteiger partial charge in [-0.05, 0) is 35.9 Å². The molecule has 0 radical (unpaired) electrons. The molecule has 4 N–H and O–H groups in total. The number of aromatic nitrogens is 3. The highest BCUT2D eigenvalue weighted by Gasteiger charge is 2.17. The van der Waals surface area contributed by atoms with Crippen molar-refractivity contribution in [2.24, 2.45) is 0 Å². The zero-order valence-electron chi connectivity index (χ0n) is 15.3. The minimum atomic E-state index is -0.323. The van der Waals surface area contributed by atoms with Gasteiger partial charge in [0.1, 0.15) is 13.2 Å². The lowest BCUT2D eigenvalue weighted by molar-refractivity contribution is 0.102. The lowest BCUT2D eigenvalue weighted by Gasteiger charge is -2.18. The maximum Gasteiger partial charge on any atom is 0.276 e. The van der Waals surface area contributed by atoms with Crippen molar-refractivity contribution in [1.29, 1.82) is 0 Å². The maximum atomic E-state index is 12.9. The van der Waals surface area contributed by atoms with Crippen LogP contribution in [-0.2, 0) is 0 Å². The molecular weight excluding hydrogens is 370 g/mol. The molecule has 0 bridgehead atoms. The topological polar surface area (TPSA) is 115 Å². The van der Waals surface area contributed by atoms with E-state index < -0.39 is 0 Å². The Balaban J connectivity index is 1.46. The van der Waals surface area contributed by atoms with Gasteiger partial charge in [0.2, 0.25) is 0 Å². The second kappa shape index (κ2) is 6.83. The number of rotatable bonds is 3. The standard InChI is InChI=1S/C21H17N5O3/c22-14-7-13(10-23-11-14)12-1-3-17-16(8-12)20(26-25-17)21(27)24-15-2-4-18-19(9-15)29-6-5-28-18/h1-4,7-11H,5-6,22H2,(H,24,27)(H,25,26). The third-order valence-corrected chi connectivity index (χ3v) is 4.67. The Hall–Kier alpha value is -4.07. The van der Waals surface area contributed by atoms with Crippen LogP contribution in [0.15, 0.2) is 54.9 Å². The average Bonchev–Trinajstić information content (AvgIpc) is 3.17. The van der Waals surface area contributed by atoms with Crippen molar-refractivity contribution in [3.8, 4) is 22.6 Å². The van der Waals surface area contributed by atoms with Gasteiger partial charge in [-0.15, -0.1) is 0 Å². The zero-order chi connectivity index (χ0) is 19.8. The van der Waals surface area contributed by atoms with E-state index >= 15 is 0 Å². The van der Waals surface area contributed by atoms with Crippen molar-refractivity contribution < 1.29 is 14.3 Å². The monoisotopic (exact) mass is 387 g/mol. The van der Waals surface area contributed by atoms with Gasteiger partial charge in [0, 0.05) is 35.1 Å². The van der Waals surface area contributed by atoms with Crippen molar-refractivity contribution in [1.82, 2.24) is 15.2 Å². The molecule has 0 spiro atoms. The second-order valence-corrected chi connectivity index (χ2v) is 6.65. The normalized spacial score (nSPS) is 12.7. The molecule has 8 nitrogen and oxygen atoms in total. The molecule has 2 aromatic heterocycles. The van der Waals surface area contributed by atoms with E-state index in [-0.39, 0.29) is 5.91 Å². The number of amides is 1. The molecule has 1 amide bonds. The van der Waals surface area contributed by atoms with Gasteiger partial charge >= 0.3 is 0 Å². The van der Waals surface area contributed by atoms with Crippen LogP contribution in [-0.4, -0.2) is 34.3 Å². The summed E-state index contributed by atoms with van der Waals surface area (Å²) in [7, 11) is 0. The molecule has 29 heavy (non-hydrogen) atoms. The van der Waals surface area contributed by atoms with Crippen LogP contribution in [0, 0.1) is 0 Å². The number of benzene rings is 2. The van der Waals surface area contributed by atoms with Crippen LogP contribution < -0.4 is 20.5 Å². The first kappa shape index (κ1) is 17.1. The van der Waals surface area contributed by atoms with Gasteiger partial charge < -0.3 is 20.5 Å². The van der Waals surface area contributed by atoms with Crippen molar-refractivity contribution in [3.63, 3.8) is 0 Å². The number of carbonyl (C=O) groups is 1. The van der Waals surface area contributed by atoms with Gasteiger partial charge in [-0.1, -0.05) is 6.07 Å². The molecule has 0 saturated carbocycles. The number of carbonyl (C=O) groups excluding carboxylic acids is 1. The quantitative estimate of drug-likeness (QED) is 0.497. The van der Waals surface area contributed by atoms with Crippen LogP contribution in [0.4, 0.5) is 11.4 Å². The van der Waals surface area contributed by atoms with E-state index in [2.05, 4.69) is 20.5 Å². The van der Waals surface area contributed by atoms with E-state index in [0.717, 1.165) is 16.6 Å². The van der Waals surface area contributed by atoms with E-state index in [0.29, 0.717) is 47.2 Å². The Bertz CT molecular complexity index is 1230. The Morgan fingerprint density at radius 2 is 1.86 bits per heavy atom. The molecule has 0 unspecified atom stereocenters. The smallest absolute Gasteiger partial charge is 0.276 e. The van der Waals surface area contributed by atoms with Crippen LogP contribution in [0.25, 0.3) is 22.0 Å². The first-order valence-corrected chi connectivity index (χ1v) is 9.07. The molecule has 1 aliphatic rings.